The molecule has 0 aromatic carbocycles. The molecule has 0 aliphatic carbocycles. The highest BCUT2D eigenvalue weighted by molar-refractivity contribution is 8.13. The molecule has 0 radical (unpaired) electrons. The SMILES string of the molecule is CC(C)(C)OC(=O)N1CCN(CCCOc2ccc(S(=O)(=O)Cl)cn2)CC1. The minimum Gasteiger partial charge on any atom is -0.478 e. The fourth-order valence-electron chi connectivity index (χ4n) is 2.54. The van der Waals surface area contributed by atoms with E-state index < -0.39 is 14.7 Å². The maximum Gasteiger partial charge on any atom is 0.410 e. The van der Waals surface area contributed by atoms with E-state index in [4.69, 9.17) is 20.2 Å². The van der Waals surface area contributed by atoms with E-state index in [1.54, 1.807) is 4.90 Å². The molecular weight excluding hydrogens is 394 g/mol. The Labute approximate surface area is 164 Å². The first-order chi connectivity index (χ1) is 12.5. The minimum atomic E-state index is -3.77. The lowest BCUT2D eigenvalue weighted by Gasteiger charge is -2.35. The zero-order valence-corrected chi connectivity index (χ0v) is 17.4. The molecule has 1 amide bonds. The maximum atomic E-state index is 12.0. The summed E-state index contributed by atoms with van der Waals surface area (Å²) in [5.41, 5.74) is -0.480. The van der Waals surface area contributed by atoms with Crippen molar-refractivity contribution in [3.8, 4) is 5.88 Å². The van der Waals surface area contributed by atoms with Crippen LogP contribution >= 0.6 is 10.7 Å². The number of amides is 1. The minimum absolute atomic E-state index is 0.0561. The maximum absolute atomic E-state index is 12.0. The van der Waals surface area contributed by atoms with Crippen molar-refractivity contribution in [2.24, 2.45) is 0 Å². The summed E-state index contributed by atoms with van der Waals surface area (Å²) in [6, 6.07) is 2.84. The average Bonchev–Trinajstić information content (AvgIpc) is 2.57. The van der Waals surface area contributed by atoms with E-state index in [2.05, 4.69) is 9.88 Å². The van der Waals surface area contributed by atoms with Crippen molar-refractivity contribution in [3.63, 3.8) is 0 Å². The number of ether oxygens (including phenoxy) is 2. The second-order valence-corrected chi connectivity index (χ2v) is 9.85. The Morgan fingerprint density at radius 1 is 1.22 bits per heavy atom. The van der Waals surface area contributed by atoms with Gasteiger partial charge >= 0.3 is 6.09 Å². The van der Waals surface area contributed by atoms with Crippen molar-refractivity contribution in [3.05, 3.63) is 18.3 Å². The molecule has 1 aromatic heterocycles. The summed E-state index contributed by atoms with van der Waals surface area (Å²) in [5, 5.41) is 0. The normalized spacial score (nSPS) is 16.2. The van der Waals surface area contributed by atoms with Crippen molar-refractivity contribution in [2.75, 3.05) is 39.3 Å². The third-order valence-electron chi connectivity index (χ3n) is 3.88. The summed E-state index contributed by atoms with van der Waals surface area (Å²) in [6.45, 7) is 9.76. The van der Waals surface area contributed by atoms with Crippen molar-refractivity contribution in [1.82, 2.24) is 14.8 Å². The molecule has 8 nitrogen and oxygen atoms in total. The molecule has 1 fully saturated rings. The number of nitrogens with zero attached hydrogens (tertiary/aromatic N) is 3. The van der Waals surface area contributed by atoms with Gasteiger partial charge in [-0.05, 0) is 33.3 Å². The molecule has 0 bridgehead atoms. The number of hydrogen-bond acceptors (Lipinski definition) is 7. The molecule has 10 heteroatoms. The first kappa shape index (κ1) is 21.7. The molecule has 0 N–H and O–H groups in total. The van der Waals surface area contributed by atoms with Crippen LogP contribution in [0.4, 0.5) is 4.79 Å². The first-order valence-electron chi connectivity index (χ1n) is 8.78. The quantitative estimate of drug-likeness (QED) is 0.516. The zero-order valence-electron chi connectivity index (χ0n) is 15.9. The number of carbonyl (C=O) groups is 1. The lowest BCUT2D eigenvalue weighted by Crippen LogP contribution is -2.50. The largest absolute Gasteiger partial charge is 0.478 e. The van der Waals surface area contributed by atoms with E-state index in [1.807, 2.05) is 20.8 Å². The molecule has 0 atom stereocenters. The predicted octanol–water partition coefficient (Wildman–Crippen LogP) is 2.33. The molecule has 1 aromatic rings. The highest BCUT2D eigenvalue weighted by Crippen LogP contribution is 2.16. The molecule has 152 valence electrons. The Balaban J connectivity index is 1.65. The fourth-order valence-corrected chi connectivity index (χ4v) is 3.22. The van der Waals surface area contributed by atoms with Crippen LogP contribution in [0, 0.1) is 0 Å². The first-order valence-corrected chi connectivity index (χ1v) is 11.1. The van der Waals surface area contributed by atoms with Gasteiger partial charge in [-0.25, -0.2) is 18.2 Å². The summed E-state index contributed by atoms with van der Waals surface area (Å²) in [5.74, 6) is 0.355. The highest BCUT2D eigenvalue weighted by atomic mass is 35.7. The standard InChI is InChI=1S/C17H26ClN3O5S/c1-17(2,3)26-16(22)21-10-8-20(9-11-21)7-4-12-25-15-6-5-14(13-19-15)27(18,23)24/h5-6,13H,4,7-12H2,1-3H3. The molecular formula is C17H26ClN3O5S. The van der Waals surface area contributed by atoms with Gasteiger partial charge in [-0.15, -0.1) is 0 Å². The van der Waals surface area contributed by atoms with Gasteiger partial charge in [-0.1, -0.05) is 0 Å². The van der Waals surface area contributed by atoms with Crippen LogP contribution < -0.4 is 4.74 Å². The van der Waals surface area contributed by atoms with Gasteiger partial charge in [0.05, 0.1) is 12.8 Å². The third-order valence-corrected chi connectivity index (χ3v) is 5.22. The van der Waals surface area contributed by atoms with Crippen LogP contribution in [0.25, 0.3) is 0 Å². The average molecular weight is 420 g/mol. The zero-order chi connectivity index (χ0) is 20.1. The number of rotatable bonds is 6. The van der Waals surface area contributed by atoms with Gasteiger partial charge in [-0.2, -0.15) is 0 Å². The Morgan fingerprint density at radius 3 is 2.41 bits per heavy atom. The van der Waals surface area contributed by atoms with Crippen molar-refractivity contribution < 1.29 is 22.7 Å². The lowest BCUT2D eigenvalue weighted by atomic mass is 10.2. The van der Waals surface area contributed by atoms with Gasteiger partial charge in [0.2, 0.25) is 5.88 Å². The summed E-state index contributed by atoms with van der Waals surface area (Å²) in [4.78, 5) is 19.9. The Bertz CT molecular complexity index is 726. The van der Waals surface area contributed by atoms with E-state index in [1.165, 1.54) is 18.3 Å². The molecule has 0 unspecified atom stereocenters. The summed E-state index contributed by atoms with van der Waals surface area (Å²) in [7, 11) is 1.47. The molecule has 1 aliphatic rings. The molecule has 2 heterocycles. The monoisotopic (exact) mass is 419 g/mol. The molecule has 0 spiro atoms. The van der Waals surface area contributed by atoms with Crippen LogP contribution in [-0.4, -0.2) is 74.2 Å². The van der Waals surface area contributed by atoms with Gasteiger partial charge in [0.1, 0.15) is 10.5 Å². The van der Waals surface area contributed by atoms with Crippen LogP contribution in [0.3, 0.4) is 0 Å². The van der Waals surface area contributed by atoms with E-state index in [0.29, 0.717) is 25.6 Å². The van der Waals surface area contributed by atoms with Gasteiger partial charge in [0.25, 0.3) is 9.05 Å². The third kappa shape index (κ3) is 7.51. The number of pyridine rings is 1. The molecule has 2 rings (SSSR count). The number of aromatic nitrogens is 1. The Morgan fingerprint density at radius 2 is 1.89 bits per heavy atom. The van der Waals surface area contributed by atoms with E-state index in [0.717, 1.165) is 26.1 Å². The second-order valence-electron chi connectivity index (χ2n) is 7.28. The summed E-state index contributed by atoms with van der Waals surface area (Å²) >= 11 is 0. The number of hydrogen-bond donors (Lipinski definition) is 0. The van der Waals surface area contributed by atoms with E-state index in [9.17, 15) is 13.2 Å². The van der Waals surface area contributed by atoms with E-state index >= 15 is 0 Å². The van der Waals surface area contributed by atoms with Crippen molar-refractivity contribution in [1.29, 1.82) is 0 Å². The lowest BCUT2D eigenvalue weighted by molar-refractivity contribution is 0.0142. The number of halogens is 1. The van der Waals surface area contributed by atoms with E-state index in [-0.39, 0.29) is 11.0 Å². The van der Waals surface area contributed by atoms with Gasteiger partial charge in [0, 0.05) is 49.5 Å². The van der Waals surface area contributed by atoms with Crippen molar-refractivity contribution in [2.45, 2.75) is 37.7 Å². The van der Waals surface area contributed by atoms with Gasteiger partial charge < -0.3 is 14.4 Å². The summed E-state index contributed by atoms with van der Waals surface area (Å²) < 4.78 is 33.2. The van der Waals surface area contributed by atoms with Crippen LogP contribution in [0.2, 0.25) is 0 Å². The molecule has 27 heavy (non-hydrogen) atoms. The predicted molar refractivity (Wildman–Crippen MR) is 102 cm³/mol. The summed E-state index contributed by atoms with van der Waals surface area (Å²) in [6.07, 6.45) is 1.70. The highest BCUT2D eigenvalue weighted by Gasteiger charge is 2.25. The topological polar surface area (TPSA) is 89.0 Å². The van der Waals surface area contributed by atoms with Crippen LogP contribution in [-0.2, 0) is 13.8 Å². The van der Waals surface area contributed by atoms with Gasteiger partial charge in [0.15, 0.2) is 0 Å². The van der Waals surface area contributed by atoms with Crippen LogP contribution in [0.5, 0.6) is 5.88 Å². The molecule has 1 saturated heterocycles. The van der Waals surface area contributed by atoms with Crippen LogP contribution in [0.1, 0.15) is 27.2 Å². The Kier molecular flexibility index (Phi) is 7.30. The molecule has 0 saturated carbocycles. The second kappa shape index (κ2) is 9.07. The van der Waals surface area contributed by atoms with Gasteiger partial charge in [-0.3, -0.25) is 4.90 Å². The van der Waals surface area contributed by atoms with Crippen LogP contribution in [0.15, 0.2) is 23.2 Å². The smallest absolute Gasteiger partial charge is 0.410 e. The molecule has 1 aliphatic heterocycles. The number of carbonyl (C=O) groups excluding carboxylic acids is 1. The van der Waals surface area contributed by atoms with Crippen molar-refractivity contribution >= 4 is 25.8 Å². The Hall–Kier alpha value is -1.58. The number of piperazine rings is 1. The fraction of sp³-hybridized carbons (Fsp3) is 0.647.